The highest BCUT2D eigenvalue weighted by molar-refractivity contribution is 9.10. The quantitative estimate of drug-likeness (QED) is 0.469. The zero-order valence-electron chi connectivity index (χ0n) is 15.9. The van der Waals surface area contributed by atoms with Gasteiger partial charge in [0.25, 0.3) is 0 Å². The van der Waals surface area contributed by atoms with Gasteiger partial charge in [0.2, 0.25) is 0 Å². The molecule has 136 valence electrons. The van der Waals surface area contributed by atoms with E-state index in [9.17, 15) is 0 Å². The van der Waals surface area contributed by atoms with Gasteiger partial charge in [-0.2, -0.15) is 0 Å². The molecule has 0 atom stereocenters. The Morgan fingerprint density at radius 3 is 2.30 bits per heavy atom. The minimum Gasteiger partial charge on any atom is -0.364 e. The van der Waals surface area contributed by atoms with Crippen LogP contribution in [-0.4, -0.2) is 4.98 Å². The Kier molecular flexibility index (Phi) is 4.69. The molecule has 0 fully saturated rings. The van der Waals surface area contributed by atoms with Crippen LogP contribution in [0, 0.1) is 0 Å². The number of nitrogens with one attached hydrogen (secondary N) is 1. The Hall–Kier alpha value is -2.32. The van der Waals surface area contributed by atoms with Crippen LogP contribution in [0.3, 0.4) is 0 Å². The Bertz CT molecular complexity index is 1000. The van der Waals surface area contributed by atoms with Crippen molar-refractivity contribution >= 4 is 15.9 Å². The Morgan fingerprint density at radius 1 is 1.04 bits per heavy atom. The largest absolute Gasteiger partial charge is 0.364 e. The maximum Gasteiger partial charge on any atom is 0.0281 e. The highest BCUT2D eigenvalue weighted by Crippen LogP contribution is 2.42. The number of aromatic amines is 1. The van der Waals surface area contributed by atoms with E-state index in [0.717, 1.165) is 17.3 Å². The average Bonchev–Trinajstić information content (AvgIpc) is 3.19. The molecule has 1 aliphatic carbocycles. The first-order valence-electron chi connectivity index (χ1n) is 9.34. The second-order valence-corrected chi connectivity index (χ2v) is 8.80. The van der Waals surface area contributed by atoms with E-state index < -0.39 is 0 Å². The van der Waals surface area contributed by atoms with E-state index in [0.29, 0.717) is 0 Å². The second kappa shape index (κ2) is 7.01. The van der Waals surface area contributed by atoms with Crippen LogP contribution in [0.4, 0.5) is 0 Å². The summed E-state index contributed by atoms with van der Waals surface area (Å²) in [5.74, 6) is 0. The normalized spacial score (nSPS) is 16.5. The number of aromatic nitrogens is 1. The summed E-state index contributed by atoms with van der Waals surface area (Å²) in [6.07, 6.45) is 6.25. The molecule has 2 aromatic carbocycles. The SMILES string of the molecule is C=C(/C=C1\Cc2cc[nH]c2C1(C)C)Cc1ccc(-c2ccc(Br)cc2)cc1. The van der Waals surface area contributed by atoms with Gasteiger partial charge in [-0.25, -0.2) is 0 Å². The number of rotatable bonds is 4. The van der Waals surface area contributed by atoms with Crippen molar-refractivity contribution in [2.45, 2.75) is 32.1 Å². The average molecular weight is 418 g/mol. The number of allylic oxidation sites excluding steroid dienone is 3. The molecule has 2 heteroatoms. The van der Waals surface area contributed by atoms with Gasteiger partial charge in [-0.3, -0.25) is 0 Å². The first-order valence-corrected chi connectivity index (χ1v) is 10.1. The van der Waals surface area contributed by atoms with E-state index in [2.05, 4.69) is 102 Å². The molecule has 1 N–H and O–H groups in total. The van der Waals surface area contributed by atoms with Crippen LogP contribution in [0.5, 0.6) is 0 Å². The molecule has 1 nitrogen and oxygen atoms in total. The highest BCUT2D eigenvalue weighted by Gasteiger charge is 2.35. The van der Waals surface area contributed by atoms with Crippen molar-refractivity contribution in [3.05, 3.63) is 106 Å². The summed E-state index contributed by atoms with van der Waals surface area (Å²) in [6, 6.07) is 19.5. The number of halogens is 1. The molecule has 3 aromatic rings. The van der Waals surface area contributed by atoms with Gasteiger partial charge in [0.05, 0.1) is 0 Å². The topological polar surface area (TPSA) is 15.8 Å². The lowest BCUT2D eigenvalue weighted by Gasteiger charge is -2.21. The molecule has 0 bridgehead atoms. The first kappa shape index (κ1) is 18.1. The monoisotopic (exact) mass is 417 g/mol. The highest BCUT2D eigenvalue weighted by atomic mass is 79.9. The molecule has 4 rings (SSSR count). The van der Waals surface area contributed by atoms with Crippen molar-refractivity contribution in [1.82, 2.24) is 4.98 Å². The van der Waals surface area contributed by atoms with E-state index in [1.165, 1.54) is 39.1 Å². The fourth-order valence-electron chi connectivity index (χ4n) is 3.97. The van der Waals surface area contributed by atoms with Crippen molar-refractivity contribution in [2.75, 3.05) is 0 Å². The van der Waals surface area contributed by atoms with Crippen LogP contribution < -0.4 is 0 Å². The molecule has 1 aromatic heterocycles. The lowest BCUT2D eigenvalue weighted by molar-refractivity contribution is 0.624. The molecule has 0 unspecified atom stereocenters. The summed E-state index contributed by atoms with van der Waals surface area (Å²) in [6.45, 7) is 8.91. The predicted molar refractivity (Wildman–Crippen MR) is 118 cm³/mol. The maximum absolute atomic E-state index is 4.32. The molecule has 1 aliphatic rings. The summed E-state index contributed by atoms with van der Waals surface area (Å²) in [5, 5.41) is 0. The summed E-state index contributed by atoms with van der Waals surface area (Å²) >= 11 is 3.49. The molecule has 0 aliphatic heterocycles. The molecular formula is C25H24BrN. The van der Waals surface area contributed by atoms with Gasteiger partial charge in [-0.1, -0.05) is 90.0 Å². The Labute approximate surface area is 170 Å². The van der Waals surface area contributed by atoms with Gasteiger partial charge in [0, 0.05) is 21.8 Å². The van der Waals surface area contributed by atoms with E-state index in [4.69, 9.17) is 0 Å². The number of H-pyrrole nitrogens is 1. The van der Waals surface area contributed by atoms with Gasteiger partial charge in [0.1, 0.15) is 0 Å². The first-order chi connectivity index (χ1) is 12.9. The molecule has 0 saturated carbocycles. The van der Waals surface area contributed by atoms with Crippen LogP contribution in [-0.2, 0) is 18.3 Å². The summed E-state index contributed by atoms with van der Waals surface area (Å²) in [5.41, 5.74) is 9.21. The van der Waals surface area contributed by atoms with E-state index in [-0.39, 0.29) is 5.41 Å². The third kappa shape index (κ3) is 3.59. The number of hydrogen-bond donors (Lipinski definition) is 1. The Morgan fingerprint density at radius 2 is 1.67 bits per heavy atom. The Balaban J connectivity index is 1.47. The van der Waals surface area contributed by atoms with Crippen molar-refractivity contribution < 1.29 is 0 Å². The molecule has 0 saturated heterocycles. The minimum atomic E-state index is 0.0627. The predicted octanol–water partition coefficient (Wildman–Crippen LogP) is 7.00. The van der Waals surface area contributed by atoms with Crippen LogP contribution in [0.15, 0.2) is 89.1 Å². The van der Waals surface area contributed by atoms with E-state index in [1.807, 2.05) is 6.20 Å². The molecule has 1 heterocycles. The zero-order chi connectivity index (χ0) is 19.0. The van der Waals surface area contributed by atoms with Gasteiger partial charge in [-0.15, -0.1) is 0 Å². The smallest absolute Gasteiger partial charge is 0.0281 e. The van der Waals surface area contributed by atoms with Crippen LogP contribution in [0.1, 0.15) is 30.7 Å². The van der Waals surface area contributed by atoms with Crippen molar-refractivity contribution in [3.63, 3.8) is 0 Å². The fourth-order valence-corrected chi connectivity index (χ4v) is 4.23. The second-order valence-electron chi connectivity index (χ2n) is 7.89. The number of fused-ring (bicyclic) bond motifs is 1. The molecular weight excluding hydrogens is 394 g/mol. The zero-order valence-corrected chi connectivity index (χ0v) is 17.4. The number of hydrogen-bond acceptors (Lipinski definition) is 0. The summed E-state index contributed by atoms with van der Waals surface area (Å²) in [4.78, 5) is 3.41. The third-order valence-corrected chi connectivity index (χ3v) is 6.11. The maximum atomic E-state index is 4.32. The van der Waals surface area contributed by atoms with Crippen molar-refractivity contribution in [3.8, 4) is 11.1 Å². The van der Waals surface area contributed by atoms with Crippen molar-refractivity contribution in [2.24, 2.45) is 0 Å². The third-order valence-electron chi connectivity index (χ3n) is 5.58. The van der Waals surface area contributed by atoms with Gasteiger partial charge < -0.3 is 4.98 Å². The fraction of sp³-hybridized carbons (Fsp3) is 0.200. The molecule has 0 radical (unpaired) electrons. The summed E-state index contributed by atoms with van der Waals surface area (Å²) < 4.78 is 1.10. The lowest BCUT2D eigenvalue weighted by atomic mass is 9.84. The molecule has 0 amide bonds. The molecule has 27 heavy (non-hydrogen) atoms. The minimum absolute atomic E-state index is 0.0627. The van der Waals surface area contributed by atoms with Gasteiger partial charge in [0.15, 0.2) is 0 Å². The van der Waals surface area contributed by atoms with Gasteiger partial charge >= 0.3 is 0 Å². The van der Waals surface area contributed by atoms with E-state index >= 15 is 0 Å². The lowest BCUT2D eigenvalue weighted by Crippen LogP contribution is -2.16. The van der Waals surface area contributed by atoms with Crippen LogP contribution >= 0.6 is 15.9 Å². The van der Waals surface area contributed by atoms with Crippen LogP contribution in [0.25, 0.3) is 11.1 Å². The summed E-state index contributed by atoms with van der Waals surface area (Å²) in [7, 11) is 0. The van der Waals surface area contributed by atoms with E-state index in [1.54, 1.807) is 0 Å². The van der Waals surface area contributed by atoms with Gasteiger partial charge in [-0.05, 0) is 53.3 Å². The van der Waals surface area contributed by atoms with Crippen molar-refractivity contribution in [1.29, 1.82) is 0 Å². The number of benzene rings is 2. The molecule has 0 spiro atoms. The standard InChI is InChI=1S/C25H24BrN/c1-17(15-22-16-21-12-13-27-24(21)25(22,2)3)14-18-4-6-19(7-5-18)20-8-10-23(26)11-9-20/h4-13,15,27H,1,14,16H2,2-3H3/b22-15+. The van der Waals surface area contributed by atoms with Crippen LogP contribution in [0.2, 0.25) is 0 Å².